The average Bonchev–Trinajstić information content (AvgIpc) is 2.17. The van der Waals surface area contributed by atoms with E-state index in [0.717, 1.165) is 24.6 Å². The van der Waals surface area contributed by atoms with Crippen LogP contribution in [0, 0.1) is 6.92 Å². The summed E-state index contributed by atoms with van der Waals surface area (Å²) in [5.41, 5.74) is 0. The summed E-state index contributed by atoms with van der Waals surface area (Å²) in [5, 5.41) is 8.91. The molecular formula is C10H17N3O. The molecule has 0 aliphatic carbocycles. The van der Waals surface area contributed by atoms with Crippen LogP contribution in [0.1, 0.15) is 19.2 Å². The maximum absolute atomic E-state index is 8.91. The third-order valence-electron chi connectivity index (χ3n) is 1.95. The minimum Gasteiger partial charge on any atom is -0.395 e. The Balaban J connectivity index is 2.75. The monoisotopic (exact) mass is 195 g/mol. The molecule has 0 saturated carbocycles. The maximum atomic E-state index is 8.91. The van der Waals surface area contributed by atoms with Crippen LogP contribution in [0.25, 0.3) is 0 Å². The second-order valence-corrected chi connectivity index (χ2v) is 3.17. The molecule has 0 amide bonds. The van der Waals surface area contributed by atoms with Gasteiger partial charge in [-0.25, -0.2) is 9.97 Å². The molecule has 1 aromatic rings. The zero-order chi connectivity index (χ0) is 10.4. The van der Waals surface area contributed by atoms with Gasteiger partial charge in [-0.2, -0.15) is 0 Å². The zero-order valence-corrected chi connectivity index (χ0v) is 8.77. The number of hydrogen-bond donors (Lipinski definition) is 1. The van der Waals surface area contributed by atoms with Gasteiger partial charge in [0.1, 0.15) is 11.6 Å². The summed E-state index contributed by atoms with van der Waals surface area (Å²) in [6.07, 6.45) is 2.79. The van der Waals surface area contributed by atoms with Crippen molar-refractivity contribution in [2.75, 3.05) is 24.6 Å². The van der Waals surface area contributed by atoms with E-state index in [1.807, 2.05) is 13.0 Å². The van der Waals surface area contributed by atoms with Crippen molar-refractivity contribution in [3.05, 3.63) is 18.1 Å². The zero-order valence-electron chi connectivity index (χ0n) is 8.77. The van der Waals surface area contributed by atoms with Crippen LogP contribution in [0.15, 0.2) is 12.3 Å². The van der Waals surface area contributed by atoms with Gasteiger partial charge in [-0.05, 0) is 19.4 Å². The second-order valence-electron chi connectivity index (χ2n) is 3.17. The Labute approximate surface area is 84.6 Å². The van der Waals surface area contributed by atoms with Gasteiger partial charge < -0.3 is 10.0 Å². The predicted molar refractivity (Wildman–Crippen MR) is 56.4 cm³/mol. The third kappa shape index (κ3) is 2.96. The van der Waals surface area contributed by atoms with E-state index in [9.17, 15) is 0 Å². The molecule has 0 aromatic carbocycles. The first kappa shape index (κ1) is 10.9. The van der Waals surface area contributed by atoms with Gasteiger partial charge in [0.05, 0.1) is 6.61 Å². The highest BCUT2D eigenvalue weighted by Gasteiger charge is 2.05. The van der Waals surface area contributed by atoms with Gasteiger partial charge in [0, 0.05) is 19.3 Å². The molecule has 0 bridgehead atoms. The number of aliphatic hydroxyl groups excluding tert-OH is 1. The second kappa shape index (κ2) is 5.54. The number of anilines is 1. The fraction of sp³-hybridized carbons (Fsp3) is 0.600. The van der Waals surface area contributed by atoms with Gasteiger partial charge in [0.15, 0.2) is 0 Å². The topological polar surface area (TPSA) is 49.2 Å². The van der Waals surface area contributed by atoms with Crippen LogP contribution in [0.5, 0.6) is 0 Å². The molecule has 78 valence electrons. The molecule has 0 unspecified atom stereocenters. The maximum Gasteiger partial charge on any atom is 0.132 e. The third-order valence-corrected chi connectivity index (χ3v) is 1.95. The molecule has 14 heavy (non-hydrogen) atoms. The highest BCUT2D eigenvalue weighted by molar-refractivity contribution is 5.37. The first-order valence-corrected chi connectivity index (χ1v) is 4.93. The lowest BCUT2D eigenvalue weighted by atomic mass is 10.4. The molecule has 0 spiro atoms. The molecule has 1 aromatic heterocycles. The van der Waals surface area contributed by atoms with Crippen molar-refractivity contribution in [2.24, 2.45) is 0 Å². The van der Waals surface area contributed by atoms with E-state index in [2.05, 4.69) is 21.8 Å². The van der Waals surface area contributed by atoms with Crippen LogP contribution in [0.2, 0.25) is 0 Å². The van der Waals surface area contributed by atoms with Crippen LogP contribution >= 0.6 is 0 Å². The Kier molecular flexibility index (Phi) is 4.32. The summed E-state index contributed by atoms with van der Waals surface area (Å²) in [6, 6.07) is 1.87. The molecule has 0 aliphatic rings. The quantitative estimate of drug-likeness (QED) is 0.761. The van der Waals surface area contributed by atoms with Crippen LogP contribution < -0.4 is 4.90 Å². The van der Waals surface area contributed by atoms with Crippen molar-refractivity contribution >= 4 is 5.82 Å². The van der Waals surface area contributed by atoms with E-state index in [1.54, 1.807) is 6.20 Å². The number of rotatable bonds is 5. The van der Waals surface area contributed by atoms with Gasteiger partial charge >= 0.3 is 0 Å². The van der Waals surface area contributed by atoms with Gasteiger partial charge in [0.2, 0.25) is 0 Å². The van der Waals surface area contributed by atoms with Gasteiger partial charge in [0.25, 0.3) is 0 Å². The van der Waals surface area contributed by atoms with Gasteiger partial charge in [-0.1, -0.05) is 6.92 Å². The van der Waals surface area contributed by atoms with Crippen molar-refractivity contribution in [1.29, 1.82) is 0 Å². The van der Waals surface area contributed by atoms with E-state index >= 15 is 0 Å². The van der Waals surface area contributed by atoms with Crippen LogP contribution in [0.4, 0.5) is 5.82 Å². The highest BCUT2D eigenvalue weighted by atomic mass is 16.3. The molecule has 1 N–H and O–H groups in total. The lowest BCUT2D eigenvalue weighted by Gasteiger charge is -2.21. The van der Waals surface area contributed by atoms with Crippen LogP contribution in [-0.4, -0.2) is 34.8 Å². The van der Waals surface area contributed by atoms with E-state index in [4.69, 9.17) is 5.11 Å². The largest absolute Gasteiger partial charge is 0.395 e. The smallest absolute Gasteiger partial charge is 0.132 e. The van der Waals surface area contributed by atoms with Gasteiger partial charge in [-0.3, -0.25) is 0 Å². The molecule has 1 heterocycles. The standard InChI is InChI=1S/C10H17N3O/c1-3-6-13(7-8-14)10-4-5-11-9(2)12-10/h4-5,14H,3,6-8H2,1-2H3. The molecule has 1 rings (SSSR count). The highest BCUT2D eigenvalue weighted by Crippen LogP contribution is 2.09. The van der Waals surface area contributed by atoms with E-state index in [0.29, 0.717) is 6.54 Å². The molecule has 0 aliphatic heterocycles. The van der Waals surface area contributed by atoms with E-state index in [-0.39, 0.29) is 6.61 Å². The fourth-order valence-corrected chi connectivity index (χ4v) is 1.35. The average molecular weight is 195 g/mol. The Hall–Kier alpha value is -1.16. The number of aryl methyl sites for hydroxylation is 1. The molecule has 0 atom stereocenters. The summed E-state index contributed by atoms with van der Waals surface area (Å²) in [4.78, 5) is 10.4. The summed E-state index contributed by atoms with van der Waals surface area (Å²) in [6.45, 7) is 5.68. The Morgan fingerprint density at radius 1 is 1.43 bits per heavy atom. The number of aromatic nitrogens is 2. The predicted octanol–water partition coefficient (Wildman–Crippen LogP) is 0.994. The minimum absolute atomic E-state index is 0.156. The van der Waals surface area contributed by atoms with E-state index in [1.165, 1.54) is 0 Å². The first-order valence-electron chi connectivity index (χ1n) is 4.93. The lowest BCUT2D eigenvalue weighted by Crippen LogP contribution is -2.28. The number of nitrogens with zero attached hydrogens (tertiary/aromatic N) is 3. The summed E-state index contributed by atoms with van der Waals surface area (Å²) < 4.78 is 0. The van der Waals surface area contributed by atoms with Crippen molar-refractivity contribution in [2.45, 2.75) is 20.3 Å². The van der Waals surface area contributed by atoms with Crippen molar-refractivity contribution in [3.63, 3.8) is 0 Å². The SMILES string of the molecule is CCCN(CCO)c1ccnc(C)n1. The molecular weight excluding hydrogens is 178 g/mol. The molecule has 4 nitrogen and oxygen atoms in total. The lowest BCUT2D eigenvalue weighted by molar-refractivity contribution is 0.301. The van der Waals surface area contributed by atoms with Gasteiger partial charge in [-0.15, -0.1) is 0 Å². The minimum atomic E-state index is 0.156. The Morgan fingerprint density at radius 3 is 2.79 bits per heavy atom. The van der Waals surface area contributed by atoms with Crippen molar-refractivity contribution < 1.29 is 5.11 Å². The Morgan fingerprint density at radius 2 is 2.21 bits per heavy atom. The summed E-state index contributed by atoms with van der Waals surface area (Å²) >= 11 is 0. The normalized spacial score (nSPS) is 10.2. The molecule has 4 heteroatoms. The first-order chi connectivity index (χ1) is 6.77. The van der Waals surface area contributed by atoms with Crippen LogP contribution in [-0.2, 0) is 0 Å². The number of hydrogen-bond acceptors (Lipinski definition) is 4. The fourth-order valence-electron chi connectivity index (χ4n) is 1.35. The summed E-state index contributed by atoms with van der Waals surface area (Å²) in [7, 11) is 0. The molecule has 0 fully saturated rings. The van der Waals surface area contributed by atoms with Crippen molar-refractivity contribution in [1.82, 2.24) is 9.97 Å². The molecule has 0 radical (unpaired) electrons. The number of aliphatic hydroxyl groups is 1. The Bertz CT molecular complexity index is 272. The van der Waals surface area contributed by atoms with Crippen LogP contribution in [0.3, 0.4) is 0 Å². The molecule has 0 saturated heterocycles. The van der Waals surface area contributed by atoms with Crippen molar-refractivity contribution in [3.8, 4) is 0 Å². The van der Waals surface area contributed by atoms with E-state index < -0.39 is 0 Å². The summed E-state index contributed by atoms with van der Waals surface area (Å²) in [5.74, 6) is 1.66.